The molecule has 1 saturated heterocycles. The molecule has 1 aromatic carbocycles. The Morgan fingerprint density at radius 3 is 2.29 bits per heavy atom. The van der Waals surface area contributed by atoms with Crippen LogP contribution < -0.4 is 4.74 Å². The second-order valence-electron chi connectivity index (χ2n) is 15.4. The van der Waals surface area contributed by atoms with Crippen LogP contribution in [0.25, 0.3) is 0 Å². The van der Waals surface area contributed by atoms with E-state index in [-0.39, 0.29) is 12.5 Å². The van der Waals surface area contributed by atoms with Crippen molar-refractivity contribution in [3.8, 4) is 5.75 Å². The van der Waals surface area contributed by atoms with Gasteiger partial charge in [-0.25, -0.2) is 9.59 Å². The van der Waals surface area contributed by atoms with Gasteiger partial charge in [-0.15, -0.1) is 0 Å². The zero-order chi connectivity index (χ0) is 36.6. The second kappa shape index (κ2) is 17.6. The van der Waals surface area contributed by atoms with Crippen LogP contribution in [0, 0.1) is 6.92 Å². The van der Waals surface area contributed by atoms with E-state index in [4.69, 9.17) is 18.9 Å². The quantitative estimate of drug-likeness (QED) is 0.0630. The van der Waals surface area contributed by atoms with Crippen molar-refractivity contribution in [2.24, 2.45) is 0 Å². The third-order valence-corrected chi connectivity index (χ3v) is 11.7. The Bertz CT molecular complexity index is 1450. The fourth-order valence-corrected chi connectivity index (χ4v) is 8.75. The van der Waals surface area contributed by atoms with Crippen LogP contribution in [-0.4, -0.2) is 71.5 Å². The second-order valence-corrected chi connectivity index (χ2v) is 15.4. The van der Waals surface area contributed by atoms with Crippen LogP contribution in [-0.2, 0) is 40.4 Å². The minimum absolute atomic E-state index is 0.0899. The Labute approximate surface area is 305 Å². The third-order valence-electron chi connectivity index (χ3n) is 11.7. The first-order valence-corrected chi connectivity index (χ1v) is 19.7. The number of carbonyl (C=O) groups is 3. The average molecular weight is 708 g/mol. The van der Waals surface area contributed by atoms with Crippen molar-refractivity contribution in [1.29, 1.82) is 0 Å². The molecule has 282 valence electrons. The summed E-state index contributed by atoms with van der Waals surface area (Å²) in [6, 6.07) is 4.09. The van der Waals surface area contributed by atoms with E-state index in [0.717, 1.165) is 67.5 Å². The van der Waals surface area contributed by atoms with E-state index in [1.807, 2.05) is 20.0 Å². The Kier molecular flexibility index (Phi) is 13.4. The summed E-state index contributed by atoms with van der Waals surface area (Å²) in [7, 11) is 2.05. The van der Waals surface area contributed by atoms with Crippen LogP contribution in [0.4, 0.5) is 0 Å². The van der Waals surface area contributed by atoms with Crippen LogP contribution in [0.1, 0.15) is 140 Å². The summed E-state index contributed by atoms with van der Waals surface area (Å²) in [6.07, 6.45) is 20.5. The van der Waals surface area contributed by atoms with Gasteiger partial charge in [-0.2, -0.15) is 0 Å². The van der Waals surface area contributed by atoms with E-state index >= 15 is 0 Å². The molecule has 0 saturated carbocycles. The number of hydrogen-bond donors (Lipinski definition) is 1. The molecule has 6 atom stereocenters. The Hall–Kier alpha value is -3.17. The fourth-order valence-electron chi connectivity index (χ4n) is 8.75. The maximum atomic E-state index is 13.3. The monoisotopic (exact) mass is 707 g/mol. The number of hydrogen-bond acceptors (Lipinski definition) is 9. The van der Waals surface area contributed by atoms with Crippen LogP contribution in [0.15, 0.2) is 36.1 Å². The normalized spacial score (nSPS) is 25.8. The van der Waals surface area contributed by atoms with E-state index in [1.54, 1.807) is 6.08 Å². The number of unbranched alkanes of at least 4 members (excludes halogenated alkanes) is 11. The van der Waals surface area contributed by atoms with E-state index < -0.39 is 47.2 Å². The molecular weight excluding hydrogens is 646 g/mol. The van der Waals surface area contributed by atoms with Gasteiger partial charge in [0.25, 0.3) is 0 Å². The van der Waals surface area contributed by atoms with Gasteiger partial charge in [0, 0.05) is 24.4 Å². The molecule has 2 aliphatic heterocycles. The predicted molar refractivity (Wildman–Crippen MR) is 196 cm³/mol. The summed E-state index contributed by atoms with van der Waals surface area (Å²) in [5.74, 6) is -0.917. The van der Waals surface area contributed by atoms with E-state index in [2.05, 4.69) is 30.0 Å². The Balaban J connectivity index is 1.01. The number of carbonyl (C=O) groups excluding carboxylic acids is 3. The number of piperidine rings is 1. The van der Waals surface area contributed by atoms with Crippen molar-refractivity contribution in [3.05, 3.63) is 52.8 Å². The van der Waals surface area contributed by atoms with Crippen LogP contribution in [0.2, 0.25) is 0 Å². The zero-order valence-electron chi connectivity index (χ0n) is 31.7. The van der Waals surface area contributed by atoms with Gasteiger partial charge in [-0.05, 0) is 96.5 Å². The first-order valence-electron chi connectivity index (χ1n) is 19.7. The summed E-state index contributed by atoms with van der Waals surface area (Å²) < 4.78 is 23.2. The molecule has 0 unspecified atom stereocenters. The Morgan fingerprint density at radius 2 is 1.59 bits per heavy atom. The van der Waals surface area contributed by atoms with Crippen molar-refractivity contribution in [2.75, 3.05) is 13.6 Å². The number of allylic oxidation sites excluding steroid dienone is 2. The lowest BCUT2D eigenvalue weighted by Gasteiger charge is -2.61. The number of ether oxygens (including phenoxy) is 4. The minimum atomic E-state index is -1.24. The minimum Gasteiger partial charge on any atom is -0.481 e. The molecule has 0 aromatic heterocycles. The molecule has 1 N–H and O–H groups in total. The average Bonchev–Trinajstić information content (AvgIpc) is 3.46. The summed E-state index contributed by atoms with van der Waals surface area (Å²) in [5, 5.41) is 12.3. The molecule has 2 bridgehead atoms. The summed E-state index contributed by atoms with van der Waals surface area (Å²) in [5.41, 5.74) is 1.36. The number of likely N-dealkylation sites (N-methyl/N-ethyl adjacent to an activating group) is 1. The van der Waals surface area contributed by atoms with Gasteiger partial charge < -0.3 is 29.0 Å². The van der Waals surface area contributed by atoms with Gasteiger partial charge in [-0.3, -0.25) is 4.79 Å². The number of likely N-dealkylation sites (tertiary alicyclic amines) is 1. The highest BCUT2D eigenvalue weighted by molar-refractivity contribution is 5.83. The van der Waals surface area contributed by atoms with Gasteiger partial charge >= 0.3 is 17.9 Å². The van der Waals surface area contributed by atoms with E-state index in [1.165, 1.54) is 58.8 Å². The number of nitrogens with zero attached hydrogens (tertiary/aromatic N) is 1. The number of aryl methyl sites for hydroxylation is 1. The first-order chi connectivity index (χ1) is 24.5. The summed E-state index contributed by atoms with van der Waals surface area (Å²) in [6.45, 7) is 7.91. The van der Waals surface area contributed by atoms with Gasteiger partial charge in [0.15, 0.2) is 18.3 Å². The molecule has 1 spiro atoms. The maximum absolute atomic E-state index is 13.3. The largest absolute Gasteiger partial charge is 0.481 e. The summed E-state index contributed by atoms with van der Waals surface area (Å²) in [4.78, 5) is 40.7. The number of benzene rings is 1. The highest BCUT2D eigenvalue weighted by Gasteiger charge is 2.71. The smallest absolute Gasteiger partial charge is 0.352 e. The molecule has 9 nitrogen and oxygen atoms in total. The van der Waals surface area contributed by atoms with Gasteiger partial charge in [-0.1, -0.05) is 82.6 Å². The van der Waals surface area contributed by atoms with Gasteiger partial charge in [0.05, 0.1) is 11.0 Å². The van der Waals surface area contributed by atoms with Crippen molar-refractivity contribution < 1.29 is 38.4 Å². The highest BCUT2D eigenvalue weighted by atomic mass is 16.6. The number of rotatable bonds is 20. The maximum Gasteiger partial charge on any atom is 0.352 e. The molecule has 2 aliphatic carbocycles. The van der Waals surface area contributed by atoms with Crippen molar-refractivity contribution in [2.45, 2.75) is 172 Å². The van der Waals surface area contributed by atoms with Crippen LogP contribution in [0.5, 0.6) is 5.75 Å². The first kappa shape index (κ1) is 39.0. The van der Waals surface area contributed by atoms with E-state index in [9.17, 15) is 19.5 Å². The lowest BCUT2D eigenvalue weighted by atomic mass is 9.50. The SMILES string of the molecule is CCCCCCCC/C=C/CCCCCCCC(=O)O[C@@H](C)C(=O)O[C@@H](C)C(=O)OC1=CC[C@@]2(O)[C@H]3Cc4ccc(C)c5c4[C@@]2(CCN3C)[C@H]1O5. The number of aliphatic hydroxyl groups is 1. The third kappa shape index (κ3) is 8.40. The highest BCUT2D eigenvalue weighted by Crippen LogP contribution is 2.64. The van der Waals surface area contributed by atoms with Crippen molar-refractivity contribution in [1.82, 2.24) is 4.90 Å². The molecule has 0 radical (unpaired) electrons. The molecule has 5 rings (SSSR count). The lowest BCUT2D eigenvalue weighted by molar-refractivity contribution is -0.180. The molecule has 1 fully saturated rings. The van der Waals surface area contributed by atoms with Crippen LogP contribution in [0.3, 0.4) is 0 Å². The standard InChI is InChI=1S/C42H61NO8/c1-6-7-8-9-10-11-12-13-14-15-16-17-18-19-20-21-35(44)48-30(3)39(45)49-31(4)40(46)50-33-24-25-42(47)34-28-32-23-22-29(2)37-36(32)41(42,38(33)51-37)26-27-43(34)5/h13-14,22-24,30-31,34,38,47H,6-12,15-21,25-28H2,1-5H3/b14-13+/t30-,31-,34+,38-,41-,42+/m0/s1. The number of esters is 3. The van der Waals surface area contributed by atoms with Crippen molar-refractivity contribution in [3.63, 3.8) is 0 Å². The topological polar surface area (TPSA) is 112 Å². The Morgan fingerprint density at radius 1 is 0.941 bits per heavy atom. The van der Waals surface area contributed by atoms with Gasteiger partial charge in [0.2, 0.25) is 0 Å². The summed E-state index contributed by atoms with van der Waals surface area (Å²) >= 11 is 0. The van der Waals surface area contributed by atoms with Crippen LogP contribution >= 0.6 is 0 Å². The van der Waals surface area contributed by atoms with Gasteiger partial charge in [0.1, 0.15) is 11.5 Å². The molecule has 4 aliphatic rings. The predicted octanol–water partition coefficient (Wildman–Crippen LogP) is 7.72. The molecule has 1 aromatic rings. The molecule has 0 amide bonds. The molecule has 2 heterocycles. The molecular formula is C42H61NO8. The molecule has 9 heteroatoms. The molecule has 51 heavy (non-hydrogen) atoms. The lowest BCUT2D eigenvalue weighted by Crippen LogP contribution is -2.74. The zero-order valence-corrected chi connectivity index (χ0v) is 31.7. The van der Waals surface area contributed by atoms with Crippen molar-refractivity contribution >= 4 is 17.9 Å². The fraction of sp³-hybridized carbons (Fsp3) is 0.690. The van der Waals surface area contributed by atoms with E-state index in [0.29, 0.717) is 25.0 Å².